The monoisotopic (exact) mass is 103 g/mol. The van der Waals surface area contributed by atoms with E-state index >= 15 is 0 Å². The van der Waals surface area contributed by atoms with E-state index in [9.17, 15) is 0 Å². The van der Waals surface area contributed by atoms with E-state index in [0.717, 1.165) is 0 Å². The lowest BCUT2D eigenvalue weighted by atomic mass is 11.8. The molecule has 0 saturated heterocycles. The first-order valence-corrected chi connectivity index (χ1v) is 5.08. The van der Waals surface area contributed by atoms with E-state index in [1.807, 2.05) is 13.1 Å². The number of rotatable bonds is 1. The molecular weight excluding hydrogens is 92.1 g/mol. The Hall–Kier alpha value is 0.0469. The van der Waals surface area contributed by atoms with E-state index in [-0.39, 0.29) is 0 Å². The first-order chi connectivity index (χ1) is 2.56. The molecule has 0 aliphatic heterocycles. The summed E-state index contributed by atoms with van der Waals surface area (Å²) in [5.74, 6) is 0. The molecule has 0 unspecified atom stereocenters. The molecule has 6 heavy (non-hydrogen) atoms. The average molecular weight is 103 g/mol. The first kappa shape index (κ1) is 6.05. The molecule has 0 radical (unpaired) electrons. The molecule has 0 fully saturated rings. The van der Waals surface area contributed by atoms with E-state index in [1.165, 1.54) is 0 Å². The van der Waals surface area contributed by atoms with Crippen LogP contribution in [-0.4, -0.2) is 15.4 Å². The van der Waals surface area contributed by atoms with Crippen molar-refractivity contribution < 1.29 is 4.43 Å². The Morgan fingerprint density at radius 3 is 1.67 bits per heavy atom. The molecule has 0 saturated carbocycles. The highest BCUT2D eigenvalue weighted by molar-refractivity contribution is 6.72. The Kier molecular flexibility index (Phi) is 1.68. The molecule has 1 nitrogen and oxygen atoms in total. The lowest BCUT2D eigenvalue weighted by Crippen LogP contribution is -2.23. The van der Waals surface area contributed by atoms with Gasteiger partial charge in [-0.15, -0.1) is 0 Å². The fourth-order valence-electron chi connectivity index (χ4n) is 0. The van der Waals surface area contributed by atoms with Crippen LogP contribution >= 0.6 is 0 Å². The fourth-order valence-corrected chi connectivity index (χ4v) is 0. The molecule has 0 aromatic rings. The minimum absolute atomic E-state index is 1.38. The highest BCUT2D eigenvalue weighted by Crippen LogP contribution is 1.95. The van der Waals surface area contributed by atoms with E-state index < -0.39 is 8.32 Å². The van der Waals surface area contributed by atoms with E-state index in [0.29, 0.717) is 0 Å². The van der Waals surface area contributed by atoms with Gasteiger partial charge in [-0.05, 0) is 13.1 Å². The standard InChI is InChI=1S/C4H11OSi/c1-5-6(2,3)4/h2H2,1,3-4H3/q+1. The molecule has 0 spiro atoms. The van der Waals surface area contributed by atoms with E-state index in [2.05, 4.69) is 6.55 Å². The third-order valence-corrected chi connectivity index (χ3v) is 1.66. The third-order valence-electron chi connectivity index (χ3n) is 0.553. The summed E-state index contributed by atoms with van der Waals surface area (Å²) in [5.41, 5.74) is 0. The summed E-state index contributed by atoms with van der Waals surface area (Å²) in [4.78, 5) is 0. The van der Waals surface area contributed by atoms with Crippen molar-refractivity contribution in [2.45, 2.75) is 13.1 Å². The zero-order valence-corrected chi connectivity index (χ0v) is 5.62. The van der Waals surface area contributed by atoms with Gasteiger partial charge < -0.3 is 4.43 Å². The molecular formula is C4H11OSi+. The zero-order chi connectivity index (χ0) is 5.21. The van der Waals surface area contributed by atoms with E-state index in [4.69, 9.17) is 4.43 Å². The first-order valence-electron chi connectivity index (χ1n) is 1.97. The molecule has 0 aromatic carbocycles. The van der Waals surface area contributed by atoms with E-state index in [1.54, 1.807) is 7.11 Å². The van der Waals surface area contributed by atoms with Gasteiger partial charge in [0.05, 0.1) is 0 Å². The zero-order valence-electron chi connectivity index (χ0n) is 4.62. The number of hydrogen-bond donors (Lipinski definition) is 0. The molecule has 0 aliphatic carbocycles. The Labute approximate surface area is 40.5 Å². The SMILES string of the molecule is [CH2+][Si](C)(C)OC. The van der Waals surface area contributed by atoms with Crippen molar-refractivity contribution in [3.63, 3.8) is 0 Å². The molecule has 2 heteroatoms. The van der Waals surface area contributed by atoms with Gasteiger partial charge in [0.1, 0.15) is 0 Å². The van der Waals surface area contributed by atoms with Crippen LogP contribution in [0.25, 0.3) is 0 Å². The van der Waals surface area contributed by atoms with Gasteiger partial charge in [0.15, 0.2) is 0 Å². The summed E-state index contributed by atoms with van der Waals surface area (Å²) in [5, 5.41) is 0. The van der Waals surface area contributed by atoms with Crippen molar-refractivity contribution in [3.05, 3.63) is 6.55 Å². The van der Waals surface area contributed by atoms with Crippen molar-refractivity contribution in [2.75, 3.05) is 7.11 Å². The minimum atomic E-state index is -1.38. The van der Waals surface area contributed by atoms with Gasteiger partial charge in [0.25, 0.3) is 0 Å². The largest absolute Gasteiger partial charge is 0.403 e. The van der Waals surface area contributed by atoms with Gasteiger partial charge >= 0.3 is 8.32 Å². The summed E-state index contributed by atoms with van der Waals surface area (Å²) in [6.07, 6.45) is 0. The van der Waals surface area contributed by atoms with Gasteiger partial charge in [-0.2, -0.15) is 0 Å². The maximum absolute atomic E-state index is 4.97. The molecule has 0 aromatic heterocycles. The van der Waals surface area contributed by atoms with Crippen molar-refractivity contribution >= 4 is 8.32 Å². The lowest BCUT2D eigenvalue weighted by Gasteiger charge is -1.99. The van der Waals surface area contributed by atoms with Gasteiger partial charge in [-0.3, -0.25) is 0 Å². The maximum Gasteiger partial charge on any atom is 0.403 e. The molecule has 0 atom stereocenters. The summed E-state index contributed by atoms with van der Waals surface area (Å²) in [6, 6.07) is 0. The maximum atomic E-state index is 4.97. The predicted octanol–water partition coefficient (Wildman–Crippen LogP) is 1.21. The molecule has 0 rings (SSSR count). The van der Waals surface area contributed by atoms with Gasteiger partial charge in [0, 0.05) is 13.7 Å². The van der Waals surface area contributed by atoms with Crippen LogP contribution in [0.5, 0.6) is 0 Å². The lowest BCUT2D eigenvalue weighted by molar-refractivity contribution is 0.415. The second kappa shape index (κ2) is 1.66. The highest BCUT2D eigenvalue weighted by atomic mass is 28.4. The highest BCUT2D eigenvalue weighted by Gasteiger charge is 2.23. The molecule has 0 bridgehead atoms. The predicted molar refractivity (Wildman–Crippen MR) is 29.8 cm³/mol. The smallest absolute Gasteiger partial charge is 0.383 e. The van der Waals surface area contributed by atoms with Crippen molar-refractivity contribution in [3.8, 4) is 0 Å². The Bertz CT molecular complexity index is 37.3. The Balaban J connectivity index is 3.17. The van der Waals surface area contributed by atoms with Crippen LogP contribution in [-0.2, 0) is 4.43 Å². The minimum Gasteiger partial charge on any atom is -0.383 e. The molecule has 36 valence electrons. The molecule has 0 amide bonds. The van der Waals surface area contributed by atoms with Gasteiger partial charge in [0.2, 0.25) is 0 Å². The second-order valence-electron chi connectivity index (χ2n) is 1.96. The summed E-state index contributed by atoms with van der Waals surface area (Å²) >= 11 is 0. The third kappa shape index (κ3) is 4.05. The van der Waals surface area contributed by atoms with Crippen molar-refractivity contribution in [2.24, 2.45) is 0 Å². The fraction of sp³-hybridized carbons (Fsp3) is 0.750. The Morgan fingerprint density at radius 1 is 1.50 bits per heavy atom. The van der Waals surface area contributed by atoms with Crippen molar-refractivity contribution in [1.82, 2.24) is 0 Å². The second-order valence-corrected chi connectivity index (χ2v) is 5.89. The normalized spacial score (nSPS) is 11.8. The number of hydrogen-bond acceptors (Lipinski definition) is 1. The van der Waals surface area contributed by atoms with Gasteiger partial charge in [-0.1, -0.05) is 0 Å². The van der Waals surface area contributed by atoms with Crippen LogP contribution in [0.4, 0.5) is 0 Å². The van der Waals surface area contributed by atoms with Crippen LogP contribution in [0.1, 0.15) is 0 Å². The summed E-state index contributed by atoms with van der Waals surface area (Å²) in [7, 11) is 0.326. The van der Waals surface area contributed by atoms with Gasteiger partial charge in [-0.25, -0.2) is 0 Å². The average Bonchev–Trinajstić information content (AvgIpc) is 1.35. The van der Waals surface area contributed by atoms with Crippen molar-refractivity contribution in [1.29, 1.82) is 0 Å². The Morgan fingerprint density at radius 2 is 1.67 bits per heavy atom. The van der Waals surface area contributed by atoms with Crippen LogP contribution < -0.4 is 0 Å². The van der Waals surface area contributed by atoms with Crippen LogP contribution in [0.15, 0.2) is 0 Å². The molecule has 0 heterocycles. The summed E-state index contributed by atoms with van der Waals surface area (Å²) < 4.78 is 4.97. The summed E-state index contributed by atoms with van der Waals surface area (Å²) in [6.45, 7) is 7.90. The quantitative estimate of drug-likeness (QED) is 0.358. The van der Waals surface area contributed by atoms with Crippen LogP contribution in [0.2, 0.25) is 13.1 Å². The molecule has 0 aliphatic rings. The topological polar surface area (TPSA) is 9.23 Å². The van der Waals surface area contributed by atoms with Crippen LogP contribution in [0, 0.1) is 6.55 Å². The van der Waals surface area contributed by atoms with Crippen LogP contribution in [0.3, 0.4) is 0 Å². The molecule has 0 N–H and O–H groups in total.